The average molecular weight is 238 g/mol. The highest BCUT2D eigenvalue weighted by molar-refractivity contribution is 7.79. The monoisotopic (exact) mass is 238 g/mol. The minimum absolute atomic E-state index is 1.02. The third-order valence-electron chi connectivity index (χ3n) is 1.90. The predicted molar refractivity (Wildman–Crippen MR) is 61.0 cm³/mol. The van der Waals surface area contributed by atoms with Gasteiger partial charge in [-0.05, 0) is 19.1 Å². The van der Waals surface area contributed by atoms with Gasteiger partial charge < -0.3 is 4.48 Å². The van der Waals surface area contributed by atoms with Gasteiger partial charge in [-0.25, -0.2) is 0 Å². The number of likely N-dealkylation sites (N-methyl/N-ethyl adjacent to an activating group) is 1. The summed E-state index contributed by atoms with van der Waals surface area (Å²) in [6.45, 7) is 12.8. The van der Waals surface area contributed by atoms with Crippen LogP contribution in [0.3, 0.4) is 0 Å². The van der Waals surface area contributed by atoms with Gasteiger partial charge in [-0.3, -0.25) is 9.11 Å². The lowest BCUT2D eigenvalue weighted by Gasteiger charge is -2.30. The Morgan fingerprint density at radius 2 is 1.47 bits per heavy atom. The molecular weight excluding hydrogens is 218 g/mol. The SMILES string of the molecule is C=CC[N+](C)(CC)CC=C.O=S(=O)(O)O. The summed E-state index contributed by atoms with van der Waals surface area (Å²) >= 11 is 0. The Bertz CT molecular complexity index is 266. The van der Waals surface area contributed by atoms with Gasteiger partial charge in [-0.15, -0.1) is 0 Å². The topological polar surface area (TPSA) is 74.6 Å². The van der Waals surface area contributed by atoms with Crippen molar-refractivity contribution in [3.8, 4) is 0 Å². The molecule has 6 heteroatoms. The third-order valence-corrected chi connectivity index (χ3v) is 1.90. The van der Waals surface area contributed by atoms with Gasteiger partial charge in [0.1, 0.15) is 0 Å². The number of quaternary nitrogens is 1. The molecule has 0 unspecified atom stereocenters. The van der Waals surface area contributed by atoms with Crippen molar-refractivity contribution in [1.82, 2.24) is 0 Å². The molecule has 0 rings (SSSR count). The van der Waals surface area contributed by atoms with E-state index in [0.29, 0.717) is 0 Å². The zero-order valence-electron chi connectivity index (χ0n) is 9.26. The summed E-state index contributed by atoms with van der Waals surface area (Å²) in [6.07, 6.45) is 3.93. The van der Waals surface area contributed by atoms with Crippen LogP contribution in [0.5, 0.6) is 0 Å². The van der Waals surface area contributed by atoms with Crippen molar-refractivity contribution in [3.63, 3.8) is 0 Å². The minimum atomic E-state index is -4.67. The molecule has 0 aromatic carbocycles. The molecule has 0 atom stereocenters. The molecule has 0 aliphatic rings. The predicted octanol–water partition coefficient (Wildman–Crippen LogP) is 1.17. The fourth-order valence-corrected chi connectivity index (χ4v) is 0.956. The zero-order valence-corrected chi connectivity index (χ0v) is 10.1. The highest BCUT2D eigenvalue weighted by Gasteiger charge is 2.13. The lowest BCUT2D eigenvalue weighted by atomic mass is 10.3. The van der Waals surface area contributed by atoms with E-state index in [-0.39, 0.29) is 0 Å². The Morgan fingerprint density at radius 1 is 1.20 bits per heavy atom. The molecule has 0 saturated carbocycles. The van der Waals surface area contributed by atoms with Crippen LogP contribution in [0, 0.1) is 0 Å². The van der Waals surface area contributed by atoms with Crippen molar-refractivity contribution < 1.29 is 22.0 Å². The first-order valence-electron chi connectivity index (χ1n) is 4.43. The lowest BCUT2D eigenvalue weighted by molar-refractivity contribution is -0.896. The molecule has 0 aromatic rings. The van der Waals surface area contributed by atoms with Crippen LogP contribution in [0.15, 0.2) is 25.3 Å². The molecule has 2 N–H and O–H groups in total. The van der Waals surface area contributed by atoms with Crippen molar-refractivity contribution >= 4 is 10.4 Å². The zero-order chi connectivity index (χ0) is 12.5. The number of hydrogen-bond acceptors (Lipinski definition) is 2. The average Bonchev–Trinajstić information content (AvgIpc) is 2.02. The van der Waals surface area contributed by atoms with Crippen LogP contribution in [-0.2, 0) is 10.4 Å². The molecule has 0 aliphatic heterocycles. The second-order valence-electron chi connectivity index (χ2n) is 3.33. The van der Waals surface area contributed by atoms with E-state index in [1.54, 1.807) is 0 Å². The Balaban J connectivity index is 0. The van der Waals surface area contributed by atoms with Gasteiger partial charge >= 0.3 is 10.4 Å². The number of hydrogen-bond donors (Lipinski definition) is 2. The van der Waals surface area contributed by atoms with Gasteiger partial charge in [0.2, 0.25) is 0 Å². The van der Waals surface area contributed by atoms with Gasteiger partial charge in [0.05, 0.1) is 26.7 Å². The fraction of sp³-hybridized carbons (Fsp3) is 0.556. The van der Waals surface area contributed by atoms with E-state index in [0.717, 1.165) is 24.1 Å². The Morgan fingerprint density at radius 3 is 1.60 bits per heavy atom. The van der Waals surface area contributed by atoms with Gasteiger partial charge in [0, 0.05) is 0 Å². The standard InChI is InChI=1S/C9H18N.H2O4S/c1-5-8-10(4,7-3)9-6-2;1-5(2,3)4/h5-6H,1-2,7-9H2,3-4H3;(H2,1,2,3,4)/q+1;. The highest BCUT2D eigenvalue weighted by atomic mass is 32.3. The van der Waals surface area contributed by atoms with Crippen LogP contribution in [-0.4, -0.2) is 48.7 Å². The molecule has 0 spiro atoms. The maximum absolute atomic E-state index is 8.74. The van der Waals surface area contributed by atoms with Crippen molar-refractivity contribution in [2.24, 2.45) is 0 Å². The second kappa shape index (κ2) is 7.58. The fourth-order valence-electron chi connectivity index (χ4n) is 0.956. The summed E-state index contributed by atoms with van der Waals surface area (Å²) in [7, 11) is -2.45. The van der Waals surface area contributed by atoms with Crippen LogP contribution in [0.2, 0.25) is 0 Å². The van der Waals surface area contributed by atoms with E-state index in [2.05, 4.69) is 27.1 Å². The van der Waals surface area contributed by atoms with Gasteiger partial charge in [0.15, 0.2) is 0 Å². The molecule has 15 heavy (non-hydrogen) atoms. The number of nitrogens with zero attached hydrogens (tertiary/aromatic N) is 1. The summed E-state index contributed by atoms with van der Waals surface area (Å²) in [6, 6.07) is 0. The molecule has 0 saturated heterocycles. The molecule has 0 amide bonds. The smallest absolute Gasteiger partial charge is 0.320 e. The van der Waals surface area contributed by atoms with Crippen LogP contribution < -0.4 is 0 Å². The largest absolute Gasteiger partial charge is 0.394 e. The van der Waals surface area contributed by atoms with E-state index in [4.69, 9.17) is 17.5 Å². The lowest BCUT2D eigenvalue weighted by Crippen LogP contribution is -2.43. The molecule has 0 radical (unpaired) electrons. The quantitative estimate of drug-likeness (QED) is 0.428. The molecule has 0 bridgehead atoms. The van der Waals surface area contributed by atoms with E-state index in [1.807, 2.05) is 12.2 Å². The van der Waals surface area contributed by atoms with Crippen molar-refractivity contribution in [3.05, 3.63) is 25.3 Å². The Labute approximate surface area is 91.9 Å². The van der Waals surface area contributed by atoms with E-state index < -0.39 is 10.4 Å². The van der Waals surface area contributed by atoms with E-state index in [1.165, 1.54) is 0 Å². The first-order chi connectivity index (χ1) is 6.68. The molecule has 0 aliphatic carbocycles. The maximum atomic E-state index is 8.74. The molecule has 5 nitrogen and oxygen atoms in total. The summed E-state index contributed by atoms with van der Waals surface area (Å²) < 4.78 is 32.6. The molecule has 90 valence electrons. The van der Waals surface area contributed by atoms with Gasteiger partial charge in [-0.2, -0.15) is 8.42 Å². The Kier molecular flexibility index (Phi) is 8.46. The highest BCUT2D eigenvalue weighted by Crippen LogP contribution is 2.00. The van der Waals surface area contributed by atoms with E-state index >= 15 is 0 Å². The maximum Gasteiger partial charge on any atom is 0.394 e. The summed E-state index contributed by atoms with van der Waals surface area (Å²) in [4.78, 5) is 0. The summed E-state index contributed by atoms with van der Waals surface area (Å²) in [5, 5.41) is 0. The van der Waals surface area contributed by atoms with E-state index in [9.17, 15) is 0 Å². The molecule has 0 fully saturated rings. The van der Waals surface area contributed by atoms with Crippen LogP contribution in [0.25, 0.3) is 0 Å². The first kappa shape index (κ1) is 16.7. The second-order valence-corrected chi connectivity index (χ2v) is 4.22. The van der Waals surface area contributed by atoms with Crippen LogP contribution >= 0.6 is 0 Å². The molecule has 0 heterocycles. The molecular formula is C9H20NO4S+. The third kappa shape index (κ3) is 16.0. The normalized spacial score (nSPS) is 11.2. The van der Waals surface area contributed by atoms with Gasteiger partial charge in [0.25, 0.3) is 0 Å². The summed E-state index contributed by atoms with van der Waals surface area (Å²) in [5.41, 5.74) is 0. The summed E-state index contributed by atoms with van der Waals surface area (Å²) in [5.74, 6) is 0. The number of rotatable bonds is 5. The Hall–Kier alpha value is -0.690. The first-order valence-corrected chi connectivity index (χ1v) is 5.83. The van der Waals surface area contributed by atoms with Crippen molar-refractivity contribution in [1.29, 1.82) is 0 Å². The van der Waals surface area contributed by atoms with Crippen molar-refractivity contribution in [2.45, 2.75) is 6.92 Å². The van der Waals surface area contributed by atoms with Crippen LogP contribution in [0.4, 0.5) is 0 Å². The van der Waals surface area contributed by atoms with Crippen molar-refractivity contribution in [2.75, 3.05) is 26.7 Å². The van der Waals surface area contributed by atoms with Crippen LogP contribution in [0.1, 0.15) is 6.92 Å². The molecule has 0 aromatic heterocycles. The minimum Gasteiger partial charge on any atom is -0.320 e. The van der Waals surface area contributed by atoms with Gasteiger partial charge in [-0.1, -0.05) is 13.2 Å².